The smallest absolute Gasteiger partial charge is 0.250 e. The number of aryl methyl sites for hydroxylation is 1. The zero-order valence-electron chi connectivity index (χ0n) is 14.9. The van der Waals surface area contributed by atoms with Gasteiger partial charge in [0.1, 0.15) is 0 Å². The van der Waals surface area contributed by atoms with Crippen LogP contribution in [0.3, 0.4) is 0 Å². The Morgan fingerprint density at radius 1 is 1.12 bits per heavy atom. The molecule has 0 bridgehead atoms. The summed E-state index contributed by atoms with van der Waals surface area (Å²) in [6.45, 7) is 0.706. The van der Waals surface area contributed by atoms with E-state index in [9.17, 15) is 4.79 Å². The van der Waals surface area contributed by atoms with Gasteiger partial charge in [-0.2, -0.15) is 0 Å². The van der Waals surface area contributed by atoms with E-state index >= 15 is 0 Å². The van der Waals surface area contributed by atoms with Gasteiger partial charge in [-0.05, 0) is 48.8 Å². The van der Waals surface area contributed by atoms with Gasteiger partial charge < -0.3 is 9.47 Å². The first-order valence-corrected chi connectivity index (χ1v) is 10.2. The fourth-order valence-electron chi connectivity index (χ4n) is 4.63. The van der Waals surface area contributed by atoms with Crippen LogP contribution in [0.4, 0.5) is 0 Å². The normalized spacial score (nSPS) is 20.3. The predicted molar refractivity (Wildman–Crippen MR) is 106 cm³/mol. The number of para-hydroxylation sites is 1. The van der Waals surface area contributed by atoms with Crippen molar-refractivity contribution in [3.05, 3.63) is 69.6 Å². The average molecular weight is 362 g/mol. The largest absolute Gasteiger partial charge is 0.350 e. The minimum Gasteiger partial charge on any atom is -0.350 e. The maximum Gasteiger partial charge on any atom is 0.250 e. The van der Waals surface area contributed by atoms with Crippen LogP contribution in [0.15, 0.2) is 59.1 Å². The van der Waals surface area contributed by atoms with Crippen LogP contribution in [0.1, 0.15) is 42.2 Å². The van der Waals surface area contributed by atoms with Crippen LogP contribution >= 0.6 is 11.3 Å². The highest BCUT2D eigenvalue weighted by Crippen LogP contribution is 2.47. The first kappa shape index (κ1) is 15.9. The Morgan fingerprint density at radius 3 is 2.81 bits per heavy atom. The summed E-state index contributed by atoms with van der Waals surface area (Å²) in [7, 11) is 2.10. The summed E-state index contributed by atoms with van der Waals surface area (Å²) in [6.07, 6.45) is 6.56. The van der Waals surface area contributed by atoms with Crippen molar-refractivity contribution in [1.82, 2.24) is 9.47 Å². The van der Waals surface area contributed by atoms with Gasteiger partial charge in [-0.1, -0.05) is 24.3 Å². The molecule has 5 rings (SSSR count). The summed E-state index contributed by atoms with van der Waals surface area (Å²) >= 11 is 1.73. The quantitative estimate of drug-likeness (QED) is 0.629. The Labute approximate surface area is 157 Å². The van der Waals surface area contributed by atoms with E-state index in [4.69, 9.17) is 0 Å². The molecule has 1 aliphatic heterocycles. The zero-order valence-corrected chi connectivity index (χ0v) is 15.8. The van der Waals surface area contributed by atoms with Crippen molar-refractivity contribution in [3.63, 3.8) is 0 Å². The molecule has 0 N–H and O–H groups in total. The third kappa shape index (κ3) is 2.36. The second kappa shape index (κ2) is 6.13. The average Bonchev–Trinajstić information content (AvgIpc) is 3.36. The minimum absolute atomic E-state index is 0.0889. The Balaban J connectivity index is 1.66. The molecule has 3 aromatic rings. The third-order valence-electron chi connectivity index (χ3n) is 5.80. The number of hydrogen-bond acceptors (Lipinski definition) is 2. The zero-order chi connectivity index (χ0) is 17.7. The maximum absolute atomic E-state index is 13.3. The van der Waals surface area contributed by atoms with E-state index in [-0.39, 0.29) is 11.9 Å². The van der Waals surface area contributed by atoms with Crippen LogP contribution in [0.5, 0.6) is 0 Å². The molecule has 132 valence electrons. The number of benzene rings is 1. The first-order chi connectivity index (χ1) is 12.7. The molecule has 1 aromatic carbocycles. The summed E-state index contributed by atoms with van der Waals surface area (Å²) in [5.41, 5.74) is 4.97. The van der Waals surface area contributed by atoms with Crippen molar-refractivity contribution >= 4 is 28.1 Å². The van der Waals surface area contributed by atoms with Gasteiger partial charge in [0.2, 0.25) is 0 Å². The fraction of sp³-hybridized carbons (Fsp3) is 0.318. The Bertz CT molecular complexity index is 1010. The molecule has 0 fully saturated rings. The number of aromatic nitrogens is 1. The molecule has 4 heteroatoms. The number of amides is 1. The number of nitrogens with zero attached hydrogens (tertiary/aromatic N) is 2. The molecular weight excluding hydrogens is 340 g/mol. The van der Waals surface area contributed by atoms with Crippen molar-refractivity contribution < 1.29 is 4.79 Å². The van der Waals surface area contributed by atoms with Gasteiger partial charge in [-0.3, -0.25) is 4.79 Å². The summed E-state index contributed by atoms with van der Waals surface area (Å²) in [4.78, 5) is 16.6. The van der Waals surface area contributed by atoms with Crippen molar-refractivity contribution in [2.24, 2.45) is 7.05 Å². The van der Waals surface area contributed by atoms with Gasteiger partial charge in [0.05, 0.1) is 12.6 Å². The van der Waals surface area contributed by atoms with E-state index in [2.05, 4.69) is 64.5 Å². The van der Waals surface area contributed by atoms with Crippen LogP contribution in [-0.4, -0.2) is 15.4 Å². The highest BCUT2D eigenvalue weighted by Gasteiger charge is 2.41. The molecule has 0 spiro atoms. The molecular formula is C22H22N2OS. The van der Waals surface area contributed by atoms with Crippen molar-refractivity contribution in [1.29, 1.82) is 0 Å². The van der Waals surface area contributed by atoms with Crippen LogP contribution < -0.4 is 0 Å². The van der Waals surface area contributed by atoms with Crippen molar-refractivity contribution in [2.75, 3.05) is 0 Å². The predicted octanol–water partition coefficient (Wildman–Crippen LogP) is 5.19. The van der Waals surface area contributed by atoms with E-state index < -0.39 is 0 Å². The summed E-state index contributed by atoms with van der Waals surface area (Å²) in [5, 5.41) is 3.36. The molecule has 0 saturated carbocycles. The Hall–Kier alpha value is -2.33. The number of hydrogen-bond donors (Lipinski definition) is 0. The maximum atomic E-state index is 13.3. The molecule has 1 amide bonds. The highest BCUT2D eigenvalue weighted by atomic mass is 32.1. The van der Waals surface area contributed by atoms with Crippen LogP contribution in [0, 0.1) is 0 Å². The topological polar surface area (TPSA) is 25.2 Å². The van der Waals surface area contributed by atoms with E-state index in [0.717, 1.165) is 24.8 Å². The highest BCUT2D eigenvalue weighted by molar-refractivity contribution is 7.09. The lowest BCUT2D eigenvalue weighted by Gasteiger charge is -2.27. The van der Waals surface area contributed by atoms with E-state index in [1.54, 1.807) is 11.3 Å². The van der Waals surface area contributed by atoms with Gasteiger partial charge >= 0.3 is 0 Å². The standard InChI is InChI=1S/C22H22N2OS/c1-23-14-19(16-8-4-5-11-20(16)23)21-17-9-2-3-10-18(17)22(25)24(21)13-15-7-6-12-26-15/h4-8,11-12,14,21H,2-3,9-10,13H2,1H3/t21-/m1/s1. The van der Waals surface area contributed by atoms with Gasteiger partial charge in [-0.25, -0.2) is 0 Å². The SMILES string of the molecule is Cn1cc([C@H]2C3=C(CCCC3)C(=O)N2Cc2cccs2)c2ccccc21. The van der Waals surface area contributed by atoms with Gasteiger partial charge in [-0.15, -0.1) is 11.3 Å². The lowest BCUT2D eigenvalue weighted by molar-refractivity contribution is -0.127. The molecule has 2 aromatic heterocycles. The van der Waals surface area contributed by atoms with Gasteiger partial charge in [0.15, 0.2) is 0 Å². The Kier molecular flexibility index (Phi) is 3.75. The van der Waals surface area contributed by atoms with Crippen LogP contribution in [-0.2, 0) is 18.4 Å². The number of carbonyl (C=O) groups excluding carboxylic acids is 1. The summed E-state index contributed by atoms with van der Waals surface area (Å²) < 4.78 is 2.19. The Morgan fingerprint density at radius 2 is 1.96 bits per heavy atom. The van der Waals surface area contributed by atoms with Crippen molar-refractivity contribution in [2.45, 2.75) is 38.3 Å². The monoisotopic (exact) mass is 362 g/mol. The molecule has 0 radical (unpaired) electrons. The van der Waals surface area contributed by atoms with E-state index in [0.29, 0.717) is 6.54 Å². The third-order valence-corrected chi connectivity index (χ3v) is 6.66. The van der Waals surface area contributed by atoms with Gasteiger partial charge in [0, 0.05) is 40.2 Å². The summed E-state index contributed by atoms with van der Waals surface area (Å²) in [5.74, 6) is 0.256. The van der Waals surface area contributed by atoms with E-state index in [1.807, 2.05) is 0 Å². The van der Waals surface area contributed by atoms with Crippen LogP contribution in [0.2, 0.25) is 0 Å². The molecule has 3 heterocycles. The second-order valence-electron chi connectivity index (χ2n) is 7.34. The summed E-state index contributed by atoms with van der Waals surface area (Å²) in [6, 6.07) is 12.8. The second-order valence-corrected chi connectivity index (χ2v) is 8.37. The molecule has 1 aliphatic carbocycles. The van der Waals surface area contributed by atoms with Gasteiger partial charge in [0.25, 0.3) is 5.91 Å². The lowest BCUT2D eigenvalue weighted by Crippen LogP contribution is -2.29. The number of fused-ring (bicyclic) bond motifs is 1. The van der Waals surface area contributed by atoms with E-state index in [1.165, 1.54) is 33.3 Å². The lowest BCUT2D eigenvalue weighted by atomic mass is 9.87. The first-order valence-electron chi connectivity index (χ1n) is 9.33. The van der Waals surface area contributed by atoms with Crippen molar-refractivity contribution in [3.8, 4) is 0 Å². The minimum atomic E-state index is 0.0889. The molecule has 2 aliphatic rings. The number of rotatable bonds is 3. The molecule has 0 saturated heterocycles. The fourth-order valence-corrected chi connectivity index (χ4v) is 5.34. The van der Waals surface area contributed by atoms with Crippen LogP contribution in [0.25, 0.3) is 10.9 Å². The number of carbonyl (C=O) groups is 1. The molecule has 1 atom stereocenters. The molecule has 0 unspecified atom stereocenters. The molecule has 26 heavy (non-hydrogen) atoms. The number of thiophene rings is 1. The molecule has 3 nitrogen and oxygen atoms in total.